The van der Waals surface area contributed by atoms with Crippen LogP contribution in [-0.2, 0) is 4.74 Å². The fraction of sp³-hybridized carbons (Fsp3) is 0.600. The molecular formula is C15H23N3O2. The van der Waals surface area contributed by atoms with Gasteiger partial charge in [-0.1, -0.05) is 0 Å². The van der Waals surface area contributed by atoms with Crippen LogP contribution >= 0.6 is 0 Å². The zero-order chi connectivity index (χ0) is 14.4. The number of piperidine rings is 1. The lowest BCUT2D eigenvalue weighted by atomic mass is 9.93. The number of hydrogen-bond donors (Lipinski definition) is 1. The molecular weight excluding hydrogens is 254 g/mol. The Labute approximate surface area is 120 Å². The molecule has 5 heteroatoms. The van der Waals surface area contributed by atoms with E-state index in [-0.39, 0.29) is 5.97 Å². The molecule has 0 unspecified atom stereocenters. The van der Waals surface area contributed by atoms with Gasteiger partial charge in [-0.15, -0.1) is 0 Å². The molecule has 1 aromatic heterocycles. The normalized spacial score (nSPS) is 16.2. The Morgan fingerprint density at radius 3 is 2.90 bits per heavy atom. The van der Waals surface area contributed by atoms with Crippen molar-refractivity contribution < 1.29 is 9.53 Å². The first-order valence-corrected chi connectivity index (χ1v) is 7.19. The lowest BCUT2D eigenvalue weighted by Crippen LogP contribution is -2.36. The zero-order valence-electron chi connectivity index (χ0n) is 12.3. The summed E-state index contributed by atoms with van der Waals surface area (Å²) >= 11 is 0. The van der Waals surface area contributed by atoms with Crippen LogP contribution in [-0.4, -0.2) is 44.7 Å². The molecule has 1 aliphatic heterocycles. The molecule has 0 aromatic carbocycles. The van der Waals surface area contributed by atoms with Crippen molar-refractivity contribution in [2.24, 2.45) is 5.92 Å². The second-order valence-electron chi connectivity index (χ2n) is 5.19. The molecule has 0 atom stereocenters. The SMILES string of the molecule is CNCCC1CCN(c2ncccc2C(=O)OC)CC1. The van der Waals surface area contributed by atoms with Gasteiger partial charge in [-0.3, -0.25) is 0 Å². The number of nitrogens with one attached hydrogen (secondary N) is 1. The van der Waals surface area contributed by atoms with Crippen LogP contribution in [0.1, 0.15) is 29.6 Å². The number of carbonyl (C=O) groups excluding carboxylic acids is 1. The molecule has 0 aliphatic carbocycles. The molecule has 1 N–H and O–H groups in total. The Morgan fingerprint density at radius 1 is 1.50 bits per heavy atom. The maximum absolute atomic E-state index is 11.8. The summed E-state index contributed by atoms with van der Waals surface area (Å²) in [5.74, 6) is 1.21. The number of pyridine rings is 1. The van der Waals surface area contributed by atoms with E-state index in [1.165, 1.54) is 13.5 Å². The third-order valence-electron chi connectivity index (χ3n) is 3.91. The molecule has 1 fully saturated rings. The van der Waals surface area contributed by atoms with Crippen molar-refractivity contribution >= 4 is 11.8 Å². The summed E-state index contributed by atoms with van der Waals surface area (Å²) in [5, 5.41) is 3.20. The van der Waals surface area contributed by atoms with Gasteiger partial charge >= 0.3 is 5.97 Å². The summed E-state index contributed by atoms with van der Waals surface area (Å²) in [6.07, 6.45) is 5.25. The van der Waals surface area contributed by atoms with Gasteiger partial charge in [0.05, 0.1) is 7.11 Å². The highest BCUT2D eigenvalue weighted by molar-refractivity contribution is 5.94. The van der Waals surface area contributed by atoms with Gasteiger partial charge in [0, 0.05) is 19.3 Å². The fourth-order valence-electron chi connectivity index (χ4n) is 2.70. The first kappa shape index (κ1) is 14.8. The minimum absolute atomic E-state index is 0.314. The van der Waals surface area contributed by atoms with E-state index >= 15 is 0 Å². The van der Waals surface area contributed by atoms with E-state index in [0.717, 1.165) is 44.2 Å². The highest BCUT2D eigenvalue weighted by Gasteiger charge is 2.23. The molecule has 0 bridgehead atoms. The van der Waals surface area contributed by atoms with Crippen molar-refractivity contribution in [2.45, 2.75) is 19.3 Å². The van der Waals surface area contributed by atoms with Crippen molar-refractivity contribution in [3.63, 3.8) is 0 Å². The third kappa shape index (κ3) is 3.48. The lowest BCUT2D eigenvalue weighted by Gasteiger charge is -2.33. The van der Waals surface area contributed by atoms with Crippen molar-refractivity contribution in [3.8, 4) is 0 Å². The lowest BCUT2D eigenvalue weighted by molar-refractivity contribution is 0.0601. The summed E-state index contributed by atoms with van der Waals surface area (Å²) < 4.78 is 4.83. The van der Waals surface area contributed by atoms with Gasteiger partial charge in [0.1, 0.15) is 11.4 Å². The number of carbonyl (C=O) groups is 1. The Bertz CT molecular complexity index is 442. The van der Waals surface area contributed by atoms with Crippen molar-refractivity contribution in [1.29, 1.82) is 0 Å². The Morgan fingerprint density at radius 2 is 2.25 bits per heavy atom. The number of methoxy groups -OCH3 is 1. The zero-order valence-corrected chi connectivity index (χ0v) is 12.3. The molecule has 1 aromatic rings. The first-order chi connectivity index (χ1) is 9.76. The van der Waals surface area contributed by atoms with Crippen molar-refractivity contribution in [3.05, 3.63) is 23.9 Å². The standard InChI is InChI=1S/C15H23N3O2/c1-16-9-5-12-6-10-18(11-7-12)14-13(15(19)20-2)4-3-8-17-14/h3-4,8,12,16H,5-7,9-11H2,1-2H3. The van der Waals surface area contributed by atoms with E-state index < -0.39 is 0 Å². The molecule has 0 radical (unpaired) electrons. The van der Waals surface area contributed by atoms with Crippen LogP contribution in [0.25, 0.3) is 0 Å². The van der Waals surface area contributed by atoms with Crippen LogP contribution in [0.15, 0.2) is 18.3 Å². The van der Waals surface area contributed by atoms with Gasteiger partial charge in [0.2, 0.25) is 0 Å². The predicted molar refractivity (Wildman–Crippen MR) is 79.1 cm³/mol. The molecule has 2 rings (SSSR count). The summed E-state index contributed by atoms with van der Waals surface area (Å²) in [4.78, 5) is 18.4. The monoisotopic (exact) mass is 277 g/mol. The van der Waals surface area contributed by atoms with Gasteiger partial charge in [-0.2, -0.15) is 0 Å². The number of aromatic nitrogens is 1. The molecule has 5 nitrogen and oxygen atoms in total. The largest absolute Gasteiger partial charge is 0.465 e. The van der Waals surface area contributed by atoms with E-state index in [9.17, 15) is 4.79 Å². The third-order valence-corrected chi connectivity index (χ3v) is 3.91. The number of nitrogens with zero attached hydrogens (tertiary/aromatic N) is 2. The van der Waals surface area contributed by atoms with Crippen LogP contribution in [0.4, 0.5) is 5.82 Å². The van der Waals surface area contributed by atoms with Gasteiger partial charge in [0.15, 0.2) is 0 Å². The average molecular weight is 277 g/mol. The number of esters is 1. The maximum atomic E-state index is 11.8. The second kappa shape index (κ2) is 7.24. The van der Waals surface area contributed by atoms with E-state index in [4.69, 9.17) is 4.74 Å². The molecule has 2 heterocycles. The number of ether oxygens (including phenoxy) is 1. The van der Waals surface area contributed by atoms with Gasteiger partial charge < -0.3 is 15.0 Å². The summed E-state index contributed by atoms with van der Waals surface area (Å²) in [6.45, 7) is 2.98. The topological polar surface area (TPSA) is 54.5 Å². The van der Waals surface area contributed by atoms with Crippen LogP contribution in [0.2, 0.25) is 0 Å². The van der Waals surface area contributed by atoms with E-state index in [0.29, 0.717) is 5.56 Å². The summed E-state index contributed by atoms with van der Waals surface area (Å²) in [5.41, 5.74) is 0.559. The molecule has 1 saturated heterocycles. The van der Waals surface area contributed by atoms with Crippen molar-refractivity contribution in [1.82, 2.24) is 10.3 Å². The second-order valence-corrected chi connectivity index (χ2v) is 5.19. The molecule has 0 amide bonds. The van der Waals surface area contributed by atoms with Crippen LogP contribution in [0.3, 0.4) is 0 Å². The van der Waals surface area contributed by atoms with Gasteiger partial charge in [-0.25, -0.2) is 9.78 Å². The van der Waals surface area contributed by atoms with Gasteiger partial charge in [-0.05, 0) is 50.9 Å². The number of hydrogen-bond acceptors (Lipinski definition) is 5. The van der Waals surface area contributed by atoms with Crippen molar-refractivity contribution in [2.75, 3.05) is 38.7 Å². The molecule has 0 saturated carbocycles. The predicted octanol–water partition coefficient (Wildman–Crippen LogP) is 1.69. The molecule has 20 heavy (non-hydrogen) atoms. The first-order valence-electron chi connectivity index (χ1n) is 7.19. The van der Waals surface area contributed by atoms with E-state index in [1.807, 2.05) is 7.05 Å². The Kier molecular flexibility index (Phi) is 5.35. The Balaban J connectivity index is 2.02. The van der Waals surface area contributed by atoms with Gasteiger partial charge in [0.25, 0.3) is 0 Å². The quantitative estimate of drug-likeness (QED) is 0.830. The van der Waals surface area contributed by atoms with Crippen LogP contribution in [0, 0.1) is 5.92 Å². The average Bonchev–Trinajstić information content (AvgIpc) is 2.52. The number of anilines is 1. The molecule has 1 aliphatic rings. The molecule has 0 spiro atoms. The van der Waals surface area contributed by atoms with Crippen LogP contribution in [0.5, 0.6) is 0 Å². The number of rotatable bonds is 5. The van der Waals surface area contributed by atoms with E-state index in [1.54, 1.807) is 18.3 Å². The fourth-order valence-corrected chi connectivity index (χ4v) is 2.70. The summed E-state index contributed by atoms with van der Waals surface area (Å²) in [6, 6.07) is 3.55. The van der Waals surface area contributed by atoms with E-state index in [2.05, 4.69) is 15.2 Å². The smallest absolute Gasteiger partial charge is 0.341 e. The summed E-state index contributed by atoms with van der Waals surface area (Å²) in [7, 11) is 3.40. The minimum Gasteiger partial charge on any atom is -0.465 e. The van der Waals surface area contributed by atoms with Crippen LogP contribution < -0.4 is 10.2 Å². The Hall–Kier alpha value is -1.62. The maximum Gasteiger partial charge on any atom is 0.341 e. The molecule has 110 valence electrons. The minimum atomic E-state index is -0.314. The highest BCUT2D eigenvalue weighted by Crippen LogP contribution is 2.26. The highest BCUT2D eigenvalue weighted by atomic mass is 16.5.